The predicted octanol–water partition coefficient (Wildman–Crippen LogP) is 3.36. The van der Waals surface area contributed by atoms with E-state index in [4.69, 9.17) is 16.3 Å². The van der Waals surface area contributed by atoms with Crippen molar-refractivity contribution in [2.75, 3.05) is 6.61 Å². The van der Waals surface area contributed by atoms with E-state index in [1.165, 1.54) is 18.4 Å². The zero-order valence-corrected chi connectivity index (χ0v) is 10.4. The Bertz CT molecular complexity index is 311. The van der Waals surface area contributed by atoms with Gasteiger partial charge in [0.05, 0.1) is 11.5 Å². The van der Waals surface area contributed by atoms with Crippen LogP contribution in [0.5, 0.6) is 0 Å². The van der Waals surface area contributed by atoms with Gasteiger partial charge in [0.1, 0.15) is 0 Å². The molecule has 0 N–H and O–H groups in total. The Labute approximate surface area is 102 Å². The van der Waals surface area contributed by atoms with Crippen LogP contribution in [0.25, 0.3) is 0 Å². The average molecular weight is 240 g/mol. The van der Waals surface area contributed by atoms with Gasteiger partial charge in [-0.1, -0.05) is 6.92 Å². The topological polar surface area (TPSA) is 22.1 Å². The number of nitrogens with zero attached hydrogens (tertiary/aromatic N) is 1. The summed E-state index contributed by atoms with van der Waals surface area (Å²) in [6.45, 7) is 3.02. The third-order valence-electron chi connectivity index (χ3n) is 3.28. The minimum absolute atomic E-state index is 0.0581. The second-order valence-corrected chi connectivity index (χ2v) is 4.92. The predicted molar refractivity (Wildman–Crippen MR) is 65.9 cm³/mol. The summed E-state index contributed by atoms with van der Waals surface area (Å²) in [5, 5.41) is 0.0581. The molecule has 0 saturated carbocycles. The maximum absolute atomic E-state index is 6.50. The molecule has 3 atom stereocenters. The largest absolute Gasteiger partial charge is 0.377 e. The number of hydrogen-bond acceptors (Lipinski definition) is 2. The number of rotatable bonds is 3. The number of hydrogen-bond donors (Lipinski definition) is 0. The minimum Gasteiger partial charge on any atom is -0.377 e. The monoisotopic (exact) mass is 239 g/mol. The summed E-state index contributed by atoms with van der Waals surface area (Å²) in [5.41, 5.74) is 1.24. The number of alkyl halides is 1. The summed E-state index contributed by atoms with van der Waals surface area (Å²) >= 11 is 6.50. The van der Waals surface area contributed by atoms with Crippen LogP contribution in [0.1, 0.15) is 37.7 Å². The molecule has 0 spiro atoms. The number of pyridine rings is 1. The highest BCUT2D eigenvalue weighted by molar-refractivity contribution is 6.21. The highest BCUT2D eigenvalue weighted by atomic mass is 35.5. The molecule has 1 fully saturated rings. The van der Waals surface area contributed by atoms with E-state index in [9.17, 15) is 0 Å². The van der Waals surface area contributed by atoms with Crippen molar-refractivity contribution in [3.05, 3.63) is 30.1 Å². The van der Waals surface area contributed by atoms with Crippen molar-refractivity contribution in [2.24, 2.45) is 0 Å². The summed E-state index contributed by atoms with van der Waals surface area (Å²) in [6.07, 6.45) is 7.33. The lowest BCUT2D eigenvalue weighted by Gasteiger charge is -2.30. The standard InChI is InChI=1S/C13H18ClNO/c1-10(11-5-7-15-8-6-11)13(14)12-4-2-3-9-16-12/h5-8,10,12-13H,2-4,9H2,1H3. The van der Waals surface area contributed by atoms with E-state index in [0.717, 1.165) is 13.0 Å². The molecule has 1 saturated heterocycles. The number of ether oxygens (including phenoxy) is 1. The van der Waals surface area contributed by atoms with Gasteiger partial charge in [-0.15, -0.1) is 11.6 Å². The van der Waals surface area contributed by atoms with Crippen LogP contribution in [-0.2, 0) is 4.74 Å². The molecule has 2 nitrogen and oxygen atoms in total. The number of halogens is 1. The molecule has 0 aliphatic carbocycles. The van der Waals surface area contributed by atoms with Crippen LogP contribution >= 0.6 is 11.6 Å². The lowest BCUT2D eigenvalue weighted by Crippen LogP contribution is -2.32. The SMILES string of the molecule is CC(c1ccncc1)C(Cl)C1CCCCO1. The molecule has 0 bridgehead atoms. The molecule has 0 amide bonds. The third kappa shape index (κ3) is 2.74. The first-order valence-corrected chi connectivity index (χ1v) is 6.38. The Balaban J connectivity index is 2.00. The molecular weight excluding hydrogens is 222 g/mol. The molecule has 1 aliphatic rings. The molecule has 2 heterocycles. The van der Waals surface area contributed by atoms with E-state index in [0.29, 0.717) is 5.92 Å². The van der Waals surface area contributed by atoms with Gasteiger partial charge in [-0.05, 0) is 37.0 Å². The van der Waals surface area contributed by atoms with Crippen LogP contribution in [0, 0.1) is 0 Å². The van der Waals surface area contributed by atoms with Crippen molar-refractivity contribution in [1.82, 2.24) is 4.98 Å². The molecule has 3 heteroatoms. The van der Waals surface area contributed by atoms with Crippen molar-refractivity contribution < 1.29 is 4.74 Å². The number of aromatic nitrogens is 1. The molecule has 88 valence electrons. The van der Waals surface area contributed by atoms with Gasteiger partial charge < -0.3 is 4.74 Å². The zero-order valence-electron chi connectivity index (χ0n) is 9.60. The Morgan fingerprint density at radius 1 is 1.38 bits per heavy atom. The second kappa shape index (κ2) is 5.65. The van der Waals surface area contributed by atoms with Crippen molar-refractivity contribution >= 4 is 11.6 Å². The summed E-state index contributed by atoms with van der Waals surface area (Å²) in [4.78, 5) is 4.03. The molecule has 1 aromatic rings. The van der Waals surface area contributed by atoms with Crippen LogP contribution in [0.3, 0.4) is 0 Å². The Kier molecular flexibility index (Phi) is 4.19. The van der Waals surface area contributed by atoms with Crippen LogP contribution in [-0.4, -0.2) is 23.1 Å². The van der Waals surface area contributed by atoms with E-state index >= 15 is 0 Å². The smallest absolute Gasteiger partial charge is 0.0744 e. The molecule has 16 heavy (non-hydrogen) atoms. The van der Waals surface area contributed by atoms with Gasteiger partial charge in [-0.25, -0.2) is 0 Å². The molecule has 0 aromatic carbocycles. The fraction of sp³-hybridized carbons (Fsp3) is 0.615. The molecule has 0 radical (unpaired) electrons. The maximum atomic E-state index is 6.50. The van der Waals surface area contributed by atoms with Crippen LogP contribution in [0.2, 0.25) is 0 Å². The fourth-order valence-electron chi connectivity index (χ4n) is 2.19. The van der Waals surface area contributed by atoms with Gasteiger partial charge >= 0.3 is 0 Å². The van der Waals surface area contributed by atoms with Crippen molar-refractivity contribution in [2.45, 2.75) is 43.6 Å². The van der Waals surface area contributed by atoms with E-state index in [1.807, 2.05) is 24.5 Å². The van der Waals surface area contributed by atoms with Gasteiger partial charge in [0.2, 0.25) is 0 Å². The average Bonchev–Trinajstić information content (AvgIpc) is 2.39. The molecular formula is C13H18ClNO. The van der Waals surface area contributed by atoms with E-state index in [1.54, 1.807) is 0 Å². The zero-order chi connectivity index (χ0) is 11.4. The summed E-state index contributed by atoms with van der Waals surface area (Å²) in [7, 11) is 0. The normalized spacial score (nSPS) is 25.0. The van der Waals surface area contributed by atoms with Gasteiger partial charge in [0.15, 0.2) is 0 Å². The first-order valence-electron chi connectivity index (χ1n) is 5.94. The van der Waals surface area contributed by atoms with Gasteiger partial charge in [-0.3, -0.25) is 4.98 Å². The van der Waals surface area contributed by atoms with Crippen LogP contribution < -0.4 is 0 Å². The van der Waals surface area contributed by atoms with Crippen molar-refractivity contribution in [3.8, 4) is 0 Å². The lowest BCUT2D eigenvalue weighted by molar-refractivity contribution is 0.0106. The van der Waals surface area contributed by atoms with E-state index in [2.05, 4.69) is 11.9 Å². The maximum Gasteiger partial charge on any atom is 0.0744 e. The van der Waals surface area contributed by atoms with Crippen LogP contribution in [0.4, 0.5) is 0 Å². The highest BCUT2D eigenvalue weighted by Crippen LogP contribution is 2.30. The molecule has 3 unspecified atom stereocenters. The molecule has 1 aromatic heterocycles. The van der Waals surface area contributed by atoms with E-state index in [-0.39, 0.29) is 11.5 Å². The van der Waals surface area contributed by atoms with Gasteiger partial charge in [-0.2, -0.15) is 0 Å². The van der Waals surface area contributed by atoms with Gasteiger partial charge in [0, 0.05) is 24.9 Å². The van der Waals surface area contributed by atoms with Gasteiger partial charge in [0.25, 0.3) is 0 Å². The molecule has 2 rings (SSSR count). The second-order valence-electron chi connectivity index (χ2n) is 4.42. The third-order valence-corrected chi connectivity index (χ3v) is 3.94. The Morgan fingerprint density at radius 2 is 2.12 bits per heavy atom. The first kappa shape index (κ1) is 11.9. The summed E-state index contributed by atoms with van der Waals surface area (Å²) < 4.78 is 5.73. The highest BCUT2D eigenvalue weighted by Gasteiger charge is 2.28. The van der Waals surface area contributed by atoms with E-state index < -0.39 is 0 Å². The fourth-order valence-corrected chi connectivity index (χ4v) is 2.53. The van der Waals surface area contributed by atoms with Crippen LogP contribution in [0.15, 0.2) is 24.5 Å². The van der Waals surface area contributed by atoms with Crippen molar-refractivity contribution in [3.63, 3.8) is 0 Å². The Morgan fingerprint density at radius 3 is 2.75 bits per heavy atom. The molecule has 1 aliphatic heterocycles. The first-order chi connectivity index (χ1) is 7.79. The summed E-state index contributed by atoms with van der Waals surface area (Å²) in [6, 6.07) is 4.06. The quantitative estimate of drug-likeness (QED) is 0.755. The summed E-state index contributed by atoms with van der Waals surface area (Å²) in [5.74, 6) is 0.313. The Hall–Kier alpha value is -0.600. The lowest BCUT2D eigenvalue weighted by atomic mass is 9.92. The van der Waals surface area contributed by atoms with Crippen molar-refractivity contribution in [1.29, 1.82) is 0 Å². The minimum atomic E-state index is 0.0581.